The van der Waals surface area contributed by atoms with Crippen molar-refractivity contribution in [1.82, 2.24) is 9.97 Å². The van der Waals surface area contributed by atoms with E-state index >= 15 is 0 Å². The maximum Gasteiger partial charge on any atom is 0.358 e. The molecule has 1 aromatic heterocycles. The summed E-state index contributed by atoms with van der Waals surface area (Å²) in [5.74, 6) is 0.346. The monoisotopic (exact) mass is 322 g/mol. The van der Waals surface area contributed by atoms with Crippen LogP contribution in [0.4, 0.5) is 0 Å². The molecule has 6 heteroatoms. The number of halogens is 1. The van der Waals surface area contributed by atoms with Gasteiger partial charge in [-0.3, -0.25) is 4.98 Å². The molecule has 0 amide bonds. The highest BCUT2D eigenvalue weighted by Gasteiger charge is 2.10. The van der Waals surface area contributed by atoms with Gasteiger partial charge in [0, 0.05) is 4.47 Å². The molecule has 0 saturated heterocycles. The number of hydrogen-bond donors (Lipinski definition) is 0. The smallest absolute Gasteiger partial charge is 0.358 e. The summed E-state index contributed by atoms with van der Waals surface area (Å²) < 4.78 is 11.1. The fourth-order valence-electron chi connectivity index (χ4n) is 1.44. The zero-order chi connectivity index (χ0) is 13.8. The number of benzene rings is 1. The largest absolute Gasteiger partial charge is 0.464 e. The Kier molecular flexibility index (Phi) is 4.11. The molecule has 0 aliphatic rings. The summed E-state index contributed by atoms with van der Waals surface area (Å²) in [4.78, 5) is 19.3. The second-order valence-corrected chi connectivity index (χ2v) is 4.66. The number of hydrogen-bond acceptors (Lipinski definition) is 5. The minimum atomic E-state index is -0.550. The van der Waals surface area contributed by atoms with Gasteiger partial charge in [0.05, 0.1) is 19.5 Å². The number of esters is 1. The summed E-state index contributed by atoms with van der Waals surface area (Å²) >= 11 is 3.38. The average molecular weight is 323 g/mol. The van der Waals surface area contributed by atoms with Gasteiger partial charge < -0.3 is 9.47 Å². The summed E-state index contributed by atoms with van der Waals surface area (Å²) in [6.07, 6.45) is 2.76. The molecular formula is C13H11BrN2O3. The summed E-state index contributed by atoms with van der Waals surface area (Å²) in [5.41, 5.74) is 1.05. The van der Waals surface area contributed by atoms with Crippen LogP contribution in [-0.2, 0) is 4.74 Å². The van der Waals surface area contributed by atoms with Crippen molar-refractivity contribution >= 4 is 21.9 Å². The van der Waals surface area contributed by atoms with Gasteiger partial charge in [0.1, 0.15) is 5.75 Å². The standard InChI is InChI=1S/C13H11BrN2O3/c1-8-5-9(14)3-4-11(8)19-12-7-15-6-10(16-12)13(17)18-2/h3-7H,1-2H3. The van der Waals surface area contributed by atoms with E-state index in [1.165, 1.54) is 19.5 Å². The normalized spacial score (nSPS) is 10.1. The fourth-order valence-corrected chi connectivity index (χ4v) is 1.92. The molecule has 0 aliphatic heterocycles. The van der Waals surface area contributed by atoms with E-state index in [2.05, 4.69) is 30.6 Å². The van der Waals surface area contributed by atoms with Crippen molar-refractivity contribution < 1.29 is 14.3 Å². The van der Waals surface area contributed by atoms with Crippen LogP contribution < -0.4 is 4.74 Å². The molecule has 2 rings (SSSR count). The Bertz CT molecular complexity index is 617. The van der Waals surface area contributed by atoms with Crippen LogP contribution in [0.2, 0.25) is 0 Å². The van der Waals surface area contributed by atoms with Crippen LogP contribution in [0.15, 0.2) is 35.1 Å². The molecule has 0 aliphatic carbocycles. The molecule has 1 heterocycles. The van der Waals surface area contributed by atoms with Crippen molar-refractivity contribution in [1.29, 1.82) is 0 Å². The third kappa shape index (κ3) is 3.29. The molecule has 0 bridgehead atoms. The number of methoxy groups -OCH3 is 1. The first-order valence-corrected chi connectivity index (χ1v) is 6.24. The molecule has 1 aromatic carbocycles. The van der Waals surface area contributed by atoms with E-state index in [4.69, 9.17) is 4.74 Å². The van der Waals surface area contributed by atoms with E-state index in [1.54, 1.807) is 0 Å². The zero-order valence-electron chi connectivity index (χ0n) is 10.4. The number of ether oxygens (including phenoxy) is 2. The number of aromatic nitrogens is 2. The Morgan fingerprint density at radius 3 is 2.79 bits per heavy atom. The van der Waals surface area contributed by atoms with E-state index in [9.17, 15) is 4.79 Å². The average Bonchev–Trinajstić information content (AvgIpc) is 2.41. The Balaban J connectivity index is 2.26. The summed E-state index contributed by atoms with van der Waals surface area (Å²) in [7, 11) is 1.29. The summed E-state index contributed by atoms with van der Waals surface area (Å²) in [6, 6.07) is 5.60. The van der Waals surface area contributed by atoms with Crippen LogP contribution in [0.25, 0.3) is 0 Å². The maximum atomic E-state index is 11.3. The Morgan fingerprint density at radius 2 is 2.11 bits per heavy atom. The highest BCUT2D eigenvalue weighted by atomic mass is 79.9. The van der Waals surface area contributed by atoms with Gasteiger partial charge in [0.2, 0.25) is 5.88 Å². The second kappa shape index (κ2) is 5.79. The minimum Gasteiger partial charge on any atom is -0.464 e. The van der Waals surface area contributed by atoms with Crippen molar-refractivity contribution in [2.75, 3.05) is 7.11 Å². The van der Waals surface area contributed by atoms with Gasteiger partial charge in [0.15, 0.2) is 5.69 Å². The van der Waals surface area contributed by atoms with Crippen LogP contribution in [0.3, 0.4) is 0 Å². The van der Waals surface area contributed by atoms with Crippen molar-refractivity contribution in [3.05, 3.63) is 46.3 Å². The summed E-state index contributed by atoms with van der Waals surface area (Å²) in [5, 5.41) is 0. The van der Waals surface area contributed by atoms with Crippen LogP contribution in [-0.4, -0.2) is 23.0 Å². The molecule has 0 saturated carbocycles. The number of carbonyl (C=O) groups excluding carboxylic acids is 1. The van der Waals surface area contributed by atoms with Crippen LogP contribution in [0, 0.1) is 6.92 Å². The van der Waals surface area contributed by atoms with Gasteiger partial charge in [-0.15, -0.1) is 0 Å². The lowest BCUT2D eigenvalue weighted by atomic mass is 10.2. The molecule has 0 unspecified atom stereocenters. The number of carbonyl (C=O) groups is 1. The highest BCUT2D eigenvalue weighted by Crippen LogP contribution is 2.26. The van der Waals surface area contributed by atoms with Crippen molar-refractivity contribution in [3.63, 3.8) is 0 Å². The van der Waals surface area contributed by atoms with Crippen molar-refractivity contribution in [2.24, 2.45) is 0 Å². The quantitative estimate of drug-likeness (QED) is 0.812. The molecule has 0 atom stereocenters. The van der Waals surface area contributed by atoms with E-state index in [-0.39, 0.29) is 11.6 Å². The topological polar surface area (TPSA) is 61.3 Å². The first-order valence-electron chi connectivity index (χ1n) is 5.44. The molecule has 0 N–H and O–H groups in total. The Morgan fingerprint density at radius 1 is 1.32 bits per heavy atom. The SMILES string of the molecule is COC(=O)c1cncc(Oc2ccc(Br)cc2C)n1. The van der Waals surface area contributed by atoms with Crippen molar-refractivity contribution in [3.8, 4) is 11.6 Å². The van der Waals surface area contributed by atoms with Gasteiger partial charge in [-0.1, -0.05) is 15.9 Å². The van der Waals surface area contributed by atoms with Crippen LogP contribution in [0.1, 0.15) is 16.1 Å². The van der Waals surface area contributed by atoms with Gasteiger partial charge in [-0.25, -0.2) is 9.78 Å². The van der Waals surface area contributed by atoms with E-state index in [0.717, 1.165) is 10.0 Å². The predicted octanol–water partition coefficient (Wildman–Crippen LogP) is 3.13. The molecule has 5 nitrogen and oxygen atoms in total. The Labute approximate surface area is 118 Å². The van der Waals surface area contributed by atoms with Gasteiger partial charge >= 0.3 is 5.97 Å². The van der Waals surface area contributed by atoms with Gasteiger partial charge in [0.25, 0.3) is 0 Å². The minimum absolute atomic E-state index is 0.106. The number of nitrogens with zero attached hydrogens (tertiary/aromatic N) is 2. The lowest BCUT2D eigenvalue weighted by molar-refractivity contribution is 0.0592. The van der Waals surface area contributed by atoms with Gasteiger partial charge in [-0.2, -0.15) is 0 Å². The molecular weight excluding hydrogens is 312 g/mol. The van der Waals surface area contributed by atoms with Gasteiger partial charge in [-0.05, 0) is 30.7 Å². The molecule has 2 aromatic rings. The highest BCUT2D eigenvalue weighted by molar-refractivity contribution is 9.10. The third-order valence-electron chi connectivity index (χ3n) is 2.36. The van der Waals surface area contributed by atoms with Crippen LogP contribution in [0.5, 0.6) is 11.6 Å². The molecule has 98 valence electrons. The fraction of sp³-hybridized carbons (Fsp3) is 0.154. The van der Waals surface area contributed by atoms with E-state index < -0.39 is 5.97 Å². The molecule has 0 radical (unpaired) electrons. The maximum absolute atomic E-state index is 11.3. The number of aryl methyl sites for hydroxylation is 1. The molecule has 19 heavy (non-hydrogen) atoms. The third-order valence-corrected chi connectivity index (χ3v) is 2.85. The van der Waals surface area contributed by atoms with Crippen molar-refractivity contribution in [2.45, 2.75) is 6.92 Å². The first-order chi connectivity index (χ1) is 9.10. The van der Waals surface area contributed by atoms with E-state index in [1.807, 2.05) is 25.1 Å². The first kappa shape index (κ1) is 13.5. The lowest BCUT2D eigenvalue weighted by Gasteiger charge is -2.08. The molecule has 0 spiro atoms. The predicted molar refractivity (Wildman–Crippen MR) is 72.3 cm³/mol. The van der Waals surface area contributed by atoms with E-state index in [0.29, 0.717) is 5.75 Å². The second-order valence-electron chi connectivity index (χ2n) is 3.75. The van der Waals surface area contributed by atoms with Crippen LogP contribution >= 0.6 is 15.9 Å². The lowest BCUT2D eigenvalue weighted by Crippen LogP contribution is -2.05. The zero-order valence-corrected chi connectivity index (χ0v) is 12.0. The molecule has 0 fully saturated rings. The summed E-state index contributed by atoms with van der Waals surface area (Å²) in [6.45, 7) is 1.91. The number of rotatable bonds is 3. The Hall–Kier alpha value is -1.95.